The minimum absolute atomic E-state index is 0. The van der Waals surface area contributed by atoms with Crippen LogP contribution in [0.25, 0.3) is 0 Å². The van der Waals surface area contributed by atoms with Crippen LogP contribution in [-0.4, -0.2) is 18.2 Å². The van der Waals surface area contributed by atoms with Gasteiger partial charge in [-0.25, -0.2) is 0 Å². The van der Waals surface area contributed by atoms with Gasteiger partial charge in [0.2, 0.25) is 0 Å². The van der Waals surface area contributed by atoms with Crippen LogP contribution in [0.15, 0.2) is 0 Å². The Morgan fingerprint density at radius 1 is 1.25 bits per heavy atom. The summed E-state index contributed by atoms with van der Waals surface area (Å²) in [6.07, 6.45) is 0. The Labute approximate surface area is 78.2 Å². The van der Waals surface area contributed by atoms with Gasteiger partial charge < -0.3 is 9.59 Å². The molecule has 0 fully saturated rings. The van der Waals surface area contributed by atoms with E-state index in [1.54, 1.807) is 6.92 Å². The molecule has 0 aliphatic carbocycles. The summed E-state index contributed by atoms with van der Waals surface area (Å²) in [4.78, 5) is 17.0. The standard InChI is InChI=1S/C3H10O2Si.2Re/c1-3-6(2,4)5;;/h4-5H,3H2,1-2H3;;. The van der Waals surface area contributed by atoms with Crippen molar-refractivity contribution in [2.24, 2.45) is 0 Å². The molecule has 0 aromatic rings. The molecule has 0 heterocycles. The van der Waals surface area contributed by atoms with Crippen molar-refractivity contribution in [1.29, 1.82) is 0 Å². The van der Waals surface area contributed by atoms with E-state index in [1.807, 2.05) is 0 Å². The largest absolute Gasteiger partial charge is 0.411 e. The van der Waals surface area contributed by atoms with Crippen LogP contribution in [0.1, 0.15) is 6.92 Å². The molecule has 0 unspecified atom stereocenters. The Balaban J connectivity index is -0.000000125. The summed E-state index contributed by atoms with van der Waals surface area (Å²) in [7, 11) is -2.63. The monoisotopic (exact) mass is 480 g/mol. The predicted molar refractivity (Wildman–Crippen MR) is 26.5 cm³/mol. The minimum atomic E-state index is -2.63. The molecule has 0 aromatic carbocycles. The summed E-state index contributed by atoms with van der Waals surface area (Å²) in [5, 5.41) is 0. The van der Waals surface area contributed by atoms with Gasteiger partial charge in [0, 0.05) is 40.8 Å². The molecule has 0 spiro atoms. The van der Waals surface area contributed by atoms with Gasteiger partial charge in [-0.05, 0) is 12.6 Å². The zero-order chi connectivity index (χ0) is 5.21. The van der Waals surface area contributed by atoms with Gasteiger partial charge in [-0.3, -0.25) is 0 Å². The molecule has 0 rings (SSSR count). The van der Waals surface area contributed by atoms with Crippen molar-refractivity contribution >= 4 is 8.56 Å². The minimum Gasteiger partial charge on any atom is -0.411 e. The van der Waals surface area contributed by atoms with Crippen LogP contribution in [0.2, 0.25) is 12.6 Å². The molecule has 8 heavy (non-hydrogen) atoms. The van der Waals surface area contributed by atoms with Crippen molar-refractivity contribution in [3.63, 3.8) is 0 Å². The average Bonchev–Trinajstić information content (AvgIpc) is 1.35. The topological polar surface area (TPSA) is 40.5 Å². The number of rotatable bonds is 1. The second-order valence-corrected chi connectivity index (χ2v) is 4.71. The Bertz CT molecular complexity index is 45.0. The van der Waals surface area contributed by atoms with Crippen LogP contribution in [-0.2, 0) is 40.8 Å². The van der Waals surface area contributed by atoms with E-state index in [0.29, 0.717) is 6.04 Å². The van der Waals surface area contributed by atoms with Crippen LogP contribution in [0.3, 0.4) is 0 Å². The molecular formula is C3H10O2Re2Si. The Morgan fingerprint density at radius 2 is 1.38 bits per heavy atom. The summed E-state index contributed by atoms with van der Waals surface area (Å²) in [5.41, 5.74) is 0. The first-order chi connectivity index (χ1) is 2.56. The Morgan fingerprint density at radius 3 is 1.38 bits per heavy atom. The molecule has 0 bridgehead atoms. The molecule has 0 aliphatic heterocycles. The summed E-state index contributed by atoms with van der Waals surface area (Å²) in [6, 6.07) is 0.521. The van der Waals surface area contributed by atoms with Crippen molar-refractivity contribution < 1.29 is 50.4 Å². The van der Waals surface area contributed by atoms with Gasteiger partial charge in [-0.1, -0.05) is 6.92 Å². The van der Waals surface area contributed by atoms with E-state index in [-0.39, 0.29) is 40.8 Å². The zero-order valence-corrected chi connectivity index (χ0v) is 11.3. The molecule has 2 radical (unpaired) electrons. The maximum atomic E-state index is 8.52. The molecule has 2 N–H and O–H groups in total. The molecule has 0 aliphatic rings. The van der Waals surface area contributed by atoms with E-state index in [9.17, 15) is 0 Å². The summed E-state index contributed by atoms with van der Waals surface area (Å²) < 4.78 is 0. The third-order valence-corrected chi connectivity index (χ3v) is 2.01. The third-order valence-electron chi connectivity index (χ3n) is 0.670. The molecule has 0 amide bonds. The molecule has 0 aromatic heterocycles. The van der Waals surface area contributed by atoms with Gasteiger partial charge in [0.05, 0.1) is 0 Å². The van der Waals surface area contributed by atoms with Crippen molar-refractivity contribution in [3.8, 4) is 0 Å². The number of hydrogen-bond donors (Lipinski definition) is 2. The van der Waals surface area contributed by atoms with E-state index in [2.05, 4.69) is 0 Å². The van der Waals surface area contributed by atoms with E-state index in [1.165, 1.54) is 6.55 Å². The van der Waals surface area contributed by atoms with Gasteiger partial charge in [-0.15, -0.1) is 0 Å². The fourth-order valence-corrected chi connectivity index (χ4v) is 0. The molecule has 2 nitrogen and oxygen atoms in total. The van der Waals surface area contributed by atoms with Gasteiger partial charge in [0.25, 0.3) is 0 Å². The molecule has 0 saturated heterocycles. The molecular weight excluding hydrogens is 469 g/mol. The molecule has 5 heteroatoms. The molecule has 0 saturated carbocycles. The average molecular weight is 479 g/mol. The van der Waals surface area contributed by atoms with E-state index in [4.69, 9.17) is 9.59 Å². The van der Waals surface area contributed by atoms with Gasteiger partial charge in [0.15, 0.2) is 0 Å². The molecule has 0 atom stereocenters. The second kappa shape index (κ2) is 6.58. The first-order valence-corrected chi connectivity index (χ1v) is 4.61. The smallest absolute Gasteiger partial charge is 0.329 e. The van der Waals surface area contributed by atoms with E-state index in [0.717, 1.165) is 0 Å². The number of hydrogen-bond acceptors (Lipinski definition) is 2. The van der Waals surface area contributed by atoms with E-state index >= 15 is 0 Å². The van der Waals surface area contributed by atoms with Gasteiger partial charge in [-0.2, -0.15) is 0 Å². The quantitative estimate of drug-likeness (QED) is 0.524. The van der Waals surface area contributed by atoms with E-state index < -0.39 is 8.56 Å². The van der Waals surface area contributed by atoms with Crippen molar-refractivity contribution in [1.82, 2.24) is 0 Å². The van der Waals surface area contributed by atoms with Crippen molar-refractivity contribution in [2.45, 2.75) is 19.5 Å². The van der Waals surface area contributed by atoms with Crippen LogP contribution < -0.4 is 0 Å². The van der Waals surface area contributed by atoms with Crippen molar-refractivity contribution in [3.05, 3.63) is 0 Å². The van der Waals surface area contributed by atoms with Gasteiger partial charge in [0.1, 0.15) is 0 Å². The van der Waals surface area contributed by atoms with Crippen LogP contribution in [0.4, 0.5) is 0 Å². The van der Waals surface area contributed by atoms with Crippen LogP contribution >= 0.6 is 0 Å². The fourth-order valence-electron chi connectivity index (χ4n) is 0. The Hall–Kier alpha value is 1.46. The third kappa shape index (κ3) is 15.7. The molecule has 52 valence electrons. The Kier molecular flexibility index (Phi) is 13.3. The first-order valence-electron chi connectivity index (χ1n) is 2.01. The normalized spacial score (nSPS) is 9.00. The predicted octanol–water partition coefficient (Wildman–Crippen LogP) is 0.0579. The maximum absolute atomic E-state index is 8.52. The van der Waals surface area contributed by atoms with Crippen LogP contribution in [0.5, 0.6) is 0 Å². The summed E-state index contributed by atoms with van der Waals surface area (Å²) in [5.74, 6) is 0. The summed E-state index contributed by atoms with van der Waals surface area (Å²) >= 11 is 0. The fraction of sp³-hybridized carbons (Fsp3) is 1.00. The van der Waals surface area contributed by atoms with Gasteiger partial charge >= 0.3 is 8.56 Å². The summed E-state index contributed by atoms with van der Waals surface area (Å²) in [6.45, 7) is 3.26. The SMILES string of the molecule is CC[Si](C)(O)O.[Re].[Re]. The second-order valence-electron chi connectivity index (χ2n) is 1.57. The van der Waals surface area contributed by atoms with Crippen molar-refractivity contribution in [2.75, 3.05) is 0 Å². The zero-order valence-electron chi connectivity index (χ0n) is 4.86. The maximum Gasteiger partial charge on any atom is 0.329 e. The first kappa shape index (κ1) is 16.2. The van der Waals surface area contributed by atoms with Crippen LogP contribution in [0, 0.1) is 0 Å².